The first-order valence-corrected chi connectivity index (χ1v) is 9.70. The van der Waals surface area contributed by atoms with Gasteiger partial charge in [-0.3, -0.25) is 0 Å². The summed E-state index contributed by atoms with van der Waals surface area (Å²) in [5, 5.41) is 0. The van der Waals surface area contributed by atoms with E-state index in [1.165, 1.54) is 0 Å². The third-order valence-corrected chi connectivity index (χ3v) is 4.85. The number of methoxy groups -OCH3 is 1. The Kier molecular flexibility index (Phi) is 5.66. The van der Waals surface area contributed by atoms with Gasteiger partial charge >= 0.3 is 5.97 Å². The van der Waals surface area contributed by atoms with Crippen LogP contribution in [0.2, 0.25) is 0 Å². The molecule has 1 aliphatic rings. The number of rotatable bonds is 6. The van der Waals surface area contributed by atoms with E-state index in [2.05, 4.69) is 0 Å². The van der Waals surface area contributed by atoms with Crippen LogP contribution in [0.1, 0.15) is 22.3 Å². The fourth-order valence-corrected chi connectivity index (χ4v) is 3.24. The van der Waals surface area contributed by atoms with Crippen LogP contribution in [0.4, 0.5) is 0 Å². The number of carbonyl (C=O) groups excluding carboxylic acids is 1. The van der Waals surface area contributed by atoms with Crippen LogP contribution in [0.25, 0.3) is 11.8 Å². The lowest BCUT2D eigenvalue weighted by atomic mass is 10.1. The molecule has 0 aliphatic carbocycles. The second kappa shape index (κ2) is 8.70. The van der Waals surface area contributed by atoms with E-state index in [1.807, 2.05) is 85.8 Å². The first-order chi connectivity index (χ1) is 14.6. The van der Waals surface area contributed by atoms with Crippen molar-refractivity contribution in [3.05, 3.63) is 107 Å². The summed E-state index contributed by atoms with van der Waals surface area (Å²) in [4.78, 5) is 12.3. The summed E-state index contributed by atoms with van der Waals surface area (Å²) in [7, 11) is 1.63. The fourth-order valence-electron chi connectivity index (χ4n) is 3.24. The zero-order valence-electron chi connectivity index (χ0n) is 16.9. The first-order valence-electron chi connectivity index (χ1n) is 9.70. The summed E-state index contributed by atoms with van der Waals surface area (Å²) in [6.45, 7) is 2.47. The molecule has 0 saturated carbocycles. The number of hydrogen-bond acceptors (Lipinski definition) is 4. The van der Waals surface area contributed by atoms with E-state index in [0.717, 1.165) is 33.8 Å². The predicted molar refractivity (Wildman–Crippen MR) is 117 cm³/mol. The highest BCUT2D eigenvalue weighted by Crippen LogP contribution is 2.30. The number of benzene rings is 3. The molecule has 0 spiro atoms. The molecule has 4 nitrogen and oxygen atoms in total. The molecule has 4 heteroatoms. The Labute approximate surface area is 176 Å². The maximum absolute atomic E-state index is 12.3. The second-order valence-corrected chi connectivity index (χ2v) is 7.03. The summed E-state index contributed by atoms with van der Waals surface area (Å²) in [6.07, 6.45) is 3.58. The van der Waals surface area contributed by atoms with Gasteiger partial charge in [0, 0.05) is 5.56 Å². The molecular formula is C26H22O4. The zero-order chi connectivity index (χ0) is 20.9. The lowest BCUT2D eigenvalue weighted by Gasteiger charge is -2.07. The Balaban J connectivity index is 1.47. The highest BCUT2D eigenvalue weighted by atomic mass is 16.5. The van der Waals surface area contributed by atoms with E-state index in [0.29, 0.717) is 17.9 Å². The maximum atomic E-state index is 12.3. The minimum Gasteiger partial charge on any atom is -0.496 e. The molecule has 0 unspecified atom stereocenters. The third-order valence-electron chi connectivity index (χ3n) is 4.85. The molecule has 4 rings (SSSR count). The van der Waals surface area contributed by atoms with Crippen LogP contribution < -0.4 is 9.47 Å². The molecule has 30 heavy (non-hydrogen) atoms. The van der Waals surface area contributed by atoms with Crippen molar-refractivity contribution in [1.82, 2.24) is 0 Å². The molecule has 0 bridgehead atoms. The van der Waals surface area contributed by atoms with E-state index < -0.39 is 0 Å². The van der Waals surface area contributed by atoms with Crippen molar-refractivity contribution in [3.8, 4) is 11.5 Å². The number of hydrogen-bond donors (Lipinski definition) is 0. The summed E-state index contributed by atoms with van der Waals surface area (Å²) in [6, 6.07) is 23.3. The number of cyclic esters (lactones) is 1. The monoisotopic (exact) mass is 398 g/mol. The van der Waals surface area contributed by atoms with Crippen molar-refractivity contribution in [1.29, 1.82) is 0 Å². The van der Waals surface area contributed by atoms with Crippen molar-refractivity contribution < 1.29 is 19.0 Å². The van der Waals surface area contributed by atoms with Gasteiger partial charge in [-0.25, -0.2) is 4.79 Å². The van der Waals surface area contributed by atoms with E-state index in [-0.39, 0.29) is 5.97 Å². The van der Waals surface area contributed by atoms with Gasteiger partial charge in [0.25, 0.3) is 0 Å². The molecule has 150 valence electrons. The van der Waals surface area contributed by atoms with Gasteiger partial charge in [0.2, 0.25) is 0 Å². The molecule has 0 radical (unpaired) electrons. The Morgan fingerprint density at radius 3 is 2.43 bits per heavy atom. The van der Waals surface area contributed by atoms with Crippen molar-refractivity contribution >= 4 is 17.8 Å². The van der Waals surface area contributed by atoms with Crippen molar-refractivity contribution in [2.24, 2.45) is 0 Å². The predicted octanol–water partition coefficient (Wildman–Crippen LogP) is 5.56. The van der Waals surface area contributed by atoms with Gasteiger partial charge in [-0.1, -0.05) is 42.5 Å². The zero-order valence-corrected chi connectivity index (χ0v) is 16.9. The minimum atomic E-state index is -0.358. The minimum absolute atomic E-state index is 0.358. The van der Waals surface area contributed by atoms with Crippen LogP contribution in [-0.4, -0.2) is 13.1 Å². The lowest BCUT2D eigenvalue weighted by molar-refractivity contribution is -0.130. The second-order valence-electron chi connectivity index (χ2n) is 7.03. The fraction of sp³-hybridized carbons (Fsp3) is 0.115. The van der Waals surface area contributed by atoms with Gasteiger partial charge in [-0.2, -0.15) is 0 Å². The van der Waals surface area contributed by atoms with Crippen LogP contribution >= 0.6 is 0 Å². The standard InChI is InChI=1S/C26H22O4/c1-18-14-21(10-13-24(18)28-2)25-16-22(26(27)30-25)15-19-8-11-23(12-9-19)29-17-20-6-4-3-5-7-20/h3-16H,17H2,1-2H3/b22-15+. The summed E-state index contributed by atoms with van der Waals surface area (Å²) >= 11 is 0. The molecule has 1 aliphatic heterocycles. The van der Waals surface area contributed by atoms with Gasteiger partial charge in [0.05, 0.1) is 12.7 Å². The van der Waals surface area contributed by atoms with E-state index in [1.54, 1.807) is 13.2 Å². The molecule has 0 aromatic heterocycles. The number of carbonyl (C=O) groups is 1. The number of ether oxygens (including phenoxy) is 3. The summed E-state index contributed by atoms with van der Waals surface area (Å²) < 4.78 is 16.6. The van der Waals surface area contributed by atoms with Gasteiger partial charge in [0.1, 0.15) is 23.9 Å². The molecule has 0 saturated heterocycles. The van der Waals surface area contributed by atoms with E-state index in [4.69, 9.17) is 14.2 Å². The Bertz CT molecular complexity index is 1110. The molecule has 3 aromatic carbocycles. The van der Waals surface area contributed by atoms with Gasteiger partial charge < -0.3 is 14.2 Å². The largest absolute Gasteiger partial charge is 0.496 e. The molecule has 0 atom stereocenters. The molecule has 3 aromatic rings. The number of aryl methyl sites for hydroxylation is 1. The topological polar surface area (TPSA) is 44.8 Å². The van der Waals surface area contributed by atoms with Crippen LogP contribution in [0.5, 0.6) is 11.5 Å². The maximum Gasteiger partial charge on any atom is 0.343 e. The van der Waals surface area contributed by atoms with Crippen LogP contribution in [0.3, 0.4) is 0 Å². The molecule has 0 fully saturated rings. The highest BCUT2D eigenvalue weighted by molar-refractivity contribution is 6.05. The van der Waals surface area contributed by atoms with Crippen molar-refractivity contribution in [2.75, 3.05) is 7.11 Å². The average Bonchev–Trinajstić information content (AvgIpc) is 3.14. The smallest absolute Gasteiger partial charge is 0.343 e. The van der Waals surface area contributed by atoms with Crippen molar-refractivity contribution in [3.63, 3.8) is 0 Å². The van der Waals surface area contributed by atoms with Crippen molar-refractivity contribution in [2.45, 2.75) is 13.5 Å². The quantitative estimate of drug-likeness (QED) is 0.403. The van der Waals surface area contributed by atoms with Crippen LogP contribution in [0, 0.1) is 6.92 Å². The van der Waals surface area contributed by atoms with Gasteiger partial charge in [-0.15, -0.1) is 0 Å². The molecule has 0 amide bonds. The Morgan fingerprint density at radius 2 is 1.73 bits per heavy atom. The Hall–Kier alpha value is -3.79. The SMILES string of the molecule is COc1ccc(C2=C/C(=C\c3ccc(OCc4ccccc4)cc3)C(=O)O2)cc1C. The molecule has 1 heterocycles. The van der Waals surface area contributed by atoms with Crippen LogP contribution in [0.15, 0.2) is 84.4 Å². The first kappa shape index (κ1) is 19.5. The van der Waals surface area contributed by atoms with Crippen LogP contribution in [-0.2, 0) is 16.1 Å². The van der Waals surface area contributed by atoms with Gasteiger partial charge in [-0.05, 0) is 66.1 Å². The highest BCUT2D eigenvalue weighted by Gasteiger charge is 2.22. The van der Waals surface area contributed by atoms with E-state index >= 15 is 0 Å². The number of esters is 1. The molecule has 0 N–H and O–H groups in total. The molecular weight excluding hydrogens is 376 g/mol. The normalized spacial score (nSPS) is 14.4. The Morgan fingerprint density at radius 1 is 0.967 bits per heavy atom. The average molecular weight is 398 g/mol. The van der Waals surface area contributed by atoms with E-state index in [9.17, 15) is 4.79 Å². The summed E-state index contributed by atoms with van der Waals surface area (Å²) in [5.41, 5.74) is 4.35. The summed E-state index contributed by atoms with van der Waals surface area (Å²) in [5.74, 6) is 1.76. The van der Waals surface area contributed by atoms with Gasteiger partial charge in [0.15, 0.2) is 0 Å². The lowest BCUT2D eigenvalue weighted by Crippen LogP contribution is -1.98. The third kappa shape index (κ3) is 4.44.